The maximum absolute atomic E-state index is 10.5. The molecule has 4 nitrogen and oxygen atoms in total. The lowest BCUT2D eigenvalue weighted by Gasteiger charge is -1.95. The predicted molar refractivity (Wildman–Crippen MR) is 32.5 cm³/mol. The third-order valence-corrected chi connectivity index (χ3v) is 1.02. The highest BCUT2D eigenvalue weighted by Crippen LogP contribution is 2.08. The van der Waals surface area contributed by atoms with E-state index in [-0.39, 0.29) is 12.7 Å². The lowest BCUT2D eigenvalue weighted by atomic mass is 10.5. The number of esters is 1. The van der Waals surface area contributed by atoms with Crippen molar-refractivity contribution >= 4 is 5.97 Å². The molecule has 0 saturated carbocycles. The van der Waals surface area contributed by atoms with E-state index in [0.29, 0.717) is 12.9 Å². The van der Waals surface area contributed by atoms with Crippen LogP contribution in [0, 0.1) is 0 Å². The SMILES string of the molecule is O=C(C=CO)OCC1CO1. The van der Waals surface area contributed by atoms with Gasteiger partial charge in [-0.2, -0.15) is 0 Å². The first-order valence-corrected chi connectivity index (χ1v) is 2.92. The lowest BCUT2D eigenvalue weighted by molar-refractivity contribution is -0.138. The zero-order valence-electron chi connectivity index (χ0n) is 5.32. The van der Waals surface area contributed by atoms with E-state index in [9.17, 15) is 4.79 Å². The van der Waals surface area contributed by atoms with Gasteiger partial charge in [0.1, 0.15) is 12.7 Å². The molecule has 1 heterocycles. The Hall–Kier alpha value is -1.03. The first kappa shape index (κ1) is 7.08. The van der Waals surface area contributed by atoms with E-state index in [1.54, 1.807) is 0 Å². The average Bonchev–Trinajstić information content (AvgIpc) is 2.67. The van der Waals surface area contributed by atoms with Crippen molar-refractivity contribution in [2.75, 3.05) is 13.2 Å². The molecule has 10 heavy (non-hydrogen) atoms. The molecule has 1 atom stereocenters. The highest BCUT2D eigenvalue weighted by atomic mass is 16.6. The quantitative estimate of drug-likeness (QED) is 0.262. The normalized spacial score (nSPS) is 23.0. The minimum Gasteiger partial charge on any atom is -0.515 e. The van der Waals surface area contributed by atoms with Crippen LogP contribution >= 0.6 is 0 Å². The fraction of sp³-hybridized carbons (Fsp3) is 0.500. The first-order chi connectivity index (χ1) is 4.83. The van der Waals surface area contributed by atoms with Crippen molar-refractivity contribution in [1.29, 1.82) is 0 Å². The molecule has 0 bridgehead atoms. The van der Waals surface area contributed by atoms with Crippen molar-refractivity contribution in [2.24, 2.45) is 0 Å². The summed E-state index contributed by atoms with van der Waals surface area (Å²) in [6, 6.07) is 0. The van der Waals surface area contributed by atoms with Gasteiger partial charge in [-0.1, -0.05) is 0 Å². The molecule has 56 valence electrons. The number of aliphatic hydroxyl groups excluding tert-OH is 1. The molecule has 1 unspecified atom stereocenters. The summed E-state index contributed by atoms with van der Waals surface area (Å²) in [6.07, 6.45) is 1.68. The Labute approximate surface area is 58.1 Å². The minimum absolute atomic E-state index is 0.0797. The van der Waals surface area contributed by atoms with Crippen LogP contribution in [0.25, 0.3) is 0 Å². The number of aliphatic hydroxyl groups is 1. The maximum atomic E-state index is 10.5. The minimum atomic E-state index is -0.544. The molecule has 0 aliphatic carbocycles. The Bertz CT molecular complexity index is 148. The molecule has 1 fully saturated rings. The van der Waals surface area contributed by atoms with Gasteiger partial charge in [-0.3, -0.25) is 0 Å². The van der Waals surface area contributed by atoms with Gasteiger partial charge in [0.15, 0.2) is 0 Å². The van der Waals surface area contributed by atoms with Crippen LogP contribution in [-0.4, -0.2) is 30.4 Å². The molecule has 1 saturated heterocycles. The van der Waals surface area contributed by atoms with Crippen molar-refractivity contribution in [3.63, 3.8) is 0 Å². The van der Waals surface area contributed by atoms with E-state index >= 15 is 0 Å². The van der Waals surface area contributed by atoms with Crippen LogP contribution in [0.4, 0.5) is 0 Å². The predicted octanol–water partition coefficient (Wildman–Crippen LogP) is 0.0001000. The standard InChI is InChI=1S/C6H8O4/c7-2-1-6(8)10-4-5-3-9-5/h1-2,5,7H,3-4H2. The van der Waals surface area contributed by atoms with Gasteiger partial charge < -0.3 is 14.6 Å². The number of ether oxygens (including phenoxy) is 2. The van der Waals surface area contributed by atoms with Crippen LogP contribution < -0.4 is 0 Å². The zero-order valence-corrected chi connectivity index (χ0v) is 5.32. The van der Waals surface area contributed by atoms with Crippen molar-refractivity contribution in [2.45, 2.75) is 6.10 Å². The number of hydrogen-bond acceptors (Lipinski definition) is 4. The summed E-state index contributed by atoms with van der Waals surface area (Å²) in [5, 5.41) is 8.10. The van der Waals surface area contributed by atoms with Gasteiger partial charge in [-0.25, -0.2) is 4.79 Å². The van der Waals surface area contributed by atoms with Crippen LogP contribution in [0.3, 0.4) is 0 Å². The second kappa shape index (κ2) is 3.22. The third kappa shape index (κ3) is 2.50. The highest BCUT2D eigenvalue weighted by Gasteiger charge is 2.23. The molecule has 1 N–H and O–H groups in total. The third-order valence-electron chi connectivity index (χ3n) is 1.02. The van der Waals surface area contributed by atoms with E-state index in [4.69, 9.17) is 9.84 Å². The number of epoxide rings is 1. The van der Waals surface area contributed by atoms with Gasteiger partial charge in [-0.15, -0.1) is 0 Å². The van der Waals surface area contributed by atoms with Crippen molar-refractivity contribution in [1.82, 2.24) is 0 Å². The second-order valence-corrected chi connectivity index (χ2v) is 1.90. The Morgan fingerprint density at radius 2 is 2.60 bits per heavy atom. The molecule has 1 rings (SSSR count). The van der Waals surface area contributed by atoms with E-state index in [1.165, 1.54) is 0 Å². The van der Waals surface area contributed by atoms with E-state index < -0.39 is 5.97 Å². The molecule has 4 heteroatoms. The van der Waals surface area contributed by atoms with Gasteiger partial charge in [0.05, 0.1) is 18.9 Å². The molecule has 0 spiro atoms. The molecule has 0 amide bonds. The topological polar surface area (TPSA) is 59.1 Å². The Kier molecular flexibility index (Phi) is 2.28. The monoisotopic (exact) mass is 144 g/mol. The van der Waals surface area contributed by atoms with Gasteiger partial charge in [-0.05, 0) is 0 Å². The number of rotatable bonds is 3. The summed E-state index contributed by atoms with van der Waals surface area (Å²) in [7, 11) is 0. The summed E-state index contributed by atoms with van der Waals surface area (Å²) >= 11 is 0. The fourth-order valence-corrected chi connectivity index (χ4v) is 0.448. The van der Waals surface area contributed by atoms with E-state index in [2.05, 4.69) is 4.74 Å². The van der Waals surface area contributed by atoms with Gasteiger partial charge in [0, 0.05) is 0 Å². The average molecular weight is 144 g/mol. The molecular weight excluding hydrogens is 136 g/mol. The van der Waals surface area contributed by atoms with Gasteiger partial charge in [0.25, 0.3) is 0 Å². The fourth-order valence-electron chi connectivity index (χ4n) is 0.448. The van der Waals surface area contributed by atoms with Crippen molar-refractivity contribution in [3.8, 4) is 0 Å². The molecule has 0 radical (unpaired) electrons. The second-order valence-electron chi connectivity index (χ2n) is 1.90. The molecule has 0 aromatic rings. The Morgan fingerprint density at radius 1 is 1.90 bits per heavy atom. The van der Waals surface area contributed by atoms with Crippen LogP contribution in [0.15, 0.2) is 12.3 Å². The molecule has 0 aromatic carbocycles. The molecule has 1 aliphatic rings. The summed E-state index contributed by atoms with van der Waals surface area (Å²) in [6.45, 7) is 0.944. The van der Waals surface area contributed by atoms with Gasteiger partial charge >= 0.3 is 5.97 Å². The Morgan fingerprint density at radius 3 is 3.10 bits per heavy atom. The Balaban J connectivity index is 2.05. The molecule has 0 aromatic heterocycles. The first-order valence-electron chi connectivity index (χ1n) is 2.92. The summed E-state index contributed by atoms with van der Waals surface area (Å²) in [5.41, 5.74) is 0. The van der Waals surface area contributed by atoms with Crippen molar-refractivity contribution < 1.29 is 19.4 Å². The molecule has 1 aliphatic heterocycles. The highest BCUT2D eigenvalue weighted by molar-refractivity contribution is 5.81. The number of carbonyl (C=O) groups excluding carboxylic acids is 1. The summed E-state index contributed by atoms with van der Waals surface area (Å²) < 4.78 is 9.37. The summed E-state index contributed by atoms with van der Waals surface area (Å²) in [5.74, 6) is -0.544. The largest absolute Gasteiger partial charge is 0.515 e. The van der Waals surface area contributed by atoms with E-state index in [1.807, 2.05) is 0 Å². The lowest BCUT2D eigenvalue weighted by Crippen LogP contribution is -2.06. The van der Waals surface area contributed by atoms with E-state index in [0.717, 1.165) is 6.08 Å². The van der Waals surface area contributed by atoms with Crippen LogP contribution in [-0.2, 0) is 14.3 Å². The number of hydrogen-bond donors (Lipinski definition) is 1. The van der Waals surface area contributed by atoms with Crippen LogP contribution in [0.5, 0.6) is 0 Å². The summed E-state index contributed by atoms with van der Waals surface area (Å²) in [4.78, 5) is 10.5. The van der Waals surface area contributed by atoms with Crippen molar-refractivity contribution in [3.05, 3.63) is 12.3 Å². The maximum Gasteiger partial charge on any atom is 0.333 e. The number of carbonyl (C=O) groups is 1. The zero-order chi connectivity index (χ0) is 7.40. The van der Waals surface area contributed by atoms with Crippen LogP contribution in [0.1, 0.15) is 0 Å². The smallest absolute Gasteiger partial charge is 0.333 e. The van der Waals surface area contributed by atoms with Gasteiger partial charge in [0.2, 0.25) is 0 Å². The molecular formula is C6H8O4. The van der Waals surface area contributed by atoms with Crippen LogP contribution in [0.2, 0.25) is 0 Å².